The third-order valence-electron chi connectivity index (χ3n) is 4.57. The maximum absolute atomic E-state index is 6.05. The quantitative estimate of drug-likeness (QED) is 0.904. The lowest BCUT2D eigenvalue weighted by Crippen LogP contribution is -2.39. The van der Waals surface area contributed by atoms with Crippen molar-refractivity contribution in [3.63, 3.8) is 0 Å². The van der Waals surface area contributed by atoms with Crippen LogP contribution in [0, 0.1) is 5.41 Å². The second-order valence-corrected chi connectivity index (χ2v) is 6.40. The van der Waals surface area contributed by atoms with Gasteiger partial charge in [0.25, 0.3) is 0 Å². The standard InChI is InChI=1S/C16H24N2O/c1-16(6-9-18(2)10-7-16)12-19-14-4-3-13-5-8-17-15(13)11-14/h3-4,11,17H,5-10,12H2,1-2H3. The lowest BCUT2D eigenvalue weighted by Gasteiger charge is -2.37. The molecule has 3 heteroatoms. The van der Waals surface area contributed by atoms with Gasteiger partial charge in [0, 0.05) is 23.7 Å². The molecule has 2 heterocycles. The van der Waals surface area contributed by atoms with E-state index in [1.165, 1.54) is 37.2 Å². The van der Waals surface area contributed by atoms with Gasteiger partial charge < -0.3 is 15.0 Å². The monoisotopic (exact) mass is 260 g/mol. The fourth-order valence-corrected chi connectivity index (χ4v) is 2.92. The van der Waals surface area contributed by atoms with Crippen LogP contribution in [0.3, 0.4) is 0 Å². The van der Waals surface area contributed by atoms with E-state index in [-0.39, 0.29) is 0 Å². The smallest absolute Gasteiger partial charge is 0.121 e. The Balaban J connectivity index is 1.60. The lowest BCUT2D eigenvalue weighted by atomic mass is 9.81. The molecule has 0 atom stereocenters. The van der Waals surface area contributed by atoms with Gasteiger partial charge in [-0.3, -0.25) is 0 Å². The first-order valence-corrected chi connectivity index (χ1v) is 7.33. The summed E-state index contributed by atoms with van der Waals surface area (Å²) in [6.07, 6.45) is 3.60. The molecule has 19 heavy (non-hydrogen) atoms. The van der Waals surface area contributed by atoms with Gasteiger partial charge in [-0.15, -0.1) is 0 Å². The van der Waals surface area contributed by atoms with Crippen LogP contribution in [-0.4, -0.2) is 38.2 Å². The number of rotatable bonds is 3. The molecular weight excluding hydrogens is 236 g/mol. The van der Waals surface area contributed by atoms with Gasteiger partial charge in [-0.2, -0.15) is 0 Å². The van der Waals surface area contributed by atoms with Crippen LogP contribution in [0.25, 0.3) is 0 Å². The molecule has 104 valence electrons. The van der Waals surface area contributed by atoms with Crippen LogP contribution in [0.2, 0.25) is 0 Å². The van der Waals surface area contributed by atoms with E-state index in [1.54, 1.807) is 0 Å². The Kier molecular flexibility index (Phi) is 3.40. The fraction of sp³-hybridized carbons (Fsp3) is 0.625. The largest absolute Gasteiger partial charge is 0.493 e. The maximum Gasteiger partial charge on any atom is 0.121 e. The number of ether oxygens (including phenoxy) is 1. The summed E-state index contributed by atoms with van der Waals surface area (Å²) in [5.41, 5.74) is 3.00. The number of likely N-dealkylation sites (tertiary alicyclic amines) is 1. The van der Waals surface area contributed by atoms with Crippen molar-refractivity contribution in [1.29, 1.82) is 0 Å². The molecule has 1 aromatic rings. The first-order valence-electron chi connectivity index (χ1n) is 7.33. The summed E-state index contributed by atoms with van der Waals surface area (Å²) in [6, 6.07) is 6.46. The molecule has 3 nitrogen and oxygen atoms in total. The maximum atomic E-state index is 6.05. The van der Waals surface area contributed by atoms with Gasteiger partial charge >= 0.3 is 0 Å². The molecule has 0 amide bonds. The van der Waals surface area contributed by atoms with Crippen LogP contribution in [-0.2, 0) is 6.42 Å². The highest BCUT2D eigenvalue weighted by molar-refractivity contribution is 5.58. The predicted octanol–water partition coefficient (Wildman–Crippen LogP) is 2.77. The summed E-state index contributed by atoms with van der Waals surface area (Å²) in [5, 5.41) is 3.41. The van der Waals surface area contributed by atoms with Crippen molar-refractivity contribution in [2.45, 2.75) is 26.2 Å². The highest BCUT2D eigenvalue weighted by Gasteiger charge is 2.29. The van der Waals surface area contributed by atoms with Crippen LogP contribution >= 0.6 is 0 Å². The number of benzene rings is 1. The van der Waals surface area contributed by atoms with E-state index in [1.807, 2.05) is 0 Å². The molecule has 1 saturated heterocycles. The fourth-order valence-electron chi connectivity index (χ4n) is 2.92. The lowest BCUT2D eigenvalue weighted by molar-refractivity contribution is 0.0804. The van der Waals surface area contributed by atoms with Crippen molar-refractivity contribution in [3.05, 3.63) is 23.8 Å². The van der Waals surface area contributed by atoms with Gasteiger partial charge in [0.1, 0.15) is 5.75 Å². The van der Waals surface area contributed by atoms with Gasteiger partial charge in [-0.05, 0) is 51.0 Å². The SMILES string of the molecule is CN1CCC(C)(COc2ccc3c(c2)NCC3)CC1. The normalized spacial score (nSPS) is 21.8. The zero-order valence-corrected chi connectivity index (χ0v) is 12.0. The molecule has 2 aliphatic heterocycles. The molecule has 0 radical (unpaired) electrons. The summed E-state index contributed by atoms with van der Waals surface area (Å²) in [7, 11) is 2.20. The zero-order chi connectivity index (χ0) is 13.3. The minimum atomic E-state index is 0.332. The molecule has 0 saturated carbocycles. The highest BCUT2D eigenvalue weighted by Crippen LogP contribution is 2.32. The Morgan fingerprint density at radius 1 is 1.32 bits per heavy atom. The van der Waals surface area contributed by atoms with Crippen molar-refractivity contribution >= 4 is 5.69 Å². The van der Waals surface area contributed by atoms with E-state index in [4.69, 9.17) is 4.74 Å². The Labute approximate surface area is 115 Å². The van der Waals surface area contributed by atoms with Crippen LogP contribution in [0.1, 0.15) is 25.3 Å². The second-order valence-electron chi connectivity index (χ2n) is 6.40. The van der Waals surface area contributed by atoms with Crippen LogP contribution in [0.5, 0.6) is 5.75 Å². The molecule has 1 N–H and O–H groups in total. The second kappa shape index (κ2) is 5.04. The minimum Gasteiger partial charge on any atom is -0.493 e. The van der Waals surface area contributed by atoms with E-state index >= 15 is 0 Å². The summed E-state index contributed by atoms with van der Waals surface area (Å²) in [6.45, 7) is 6.62. The Bertz CT molecular complexity index is 450. The summed E-state index contributed by atoms with van der Waals surface area (Å²) in [4.78, 5) is 2.40. The average Bonchev–Trinajstić information content (AvgIpc) is 2.88. The molecular formula is C16H24N2O. The minimum absolute atomic E-state index is 0.332. The van der Waals surface area contributed by atoms with Crippen molar-refractivity contribution < 1.29 is 4.74 Å². The number of fused-ring (bicyclic) bond motifs is 1. The van der Waals surface area contributed by atoms with Crippen molar-refractivity contribution in [2.75, 3.05) is 38.6 Å². The highest BCUT2D eigenvalue weighted by atomic mass is 16.5. The Morgan fingerprint density at radius 3 is 2.89 bits per heavy atom. The molecule has 2 aliphatic rings. The number of anilines is 1. The Hall–Kier alpha value is -1.22. The van der Waals surface area contributed by atoms with E-state index in [9.17, 15) is 0 Å². The van der Waals surface area contributed by atoms with E-state index < -0.39 is 0 Å². The summed E-state index contributed by atoms with van der Waals surface area (Å²) >= 11 is 0. The molecule has 0 aliphatic carbocycles. The van der Waals surface area contributed by atoms with E-state index in [0.717, 1.165) is 25.3 Å². The molecule has 3 rings (SSSR count). The van der Waals surface area contributed by atoms with Gasteiger partial charge in [0.05, 0.1) is 6.61 Å². The molecule has 0 aromatic heterocycles. The number of hydrogen-bond donors (Lipinski definition) is 1. The van der Waals surface area contributed by atoms with E-state index in [2.05, 4.69) is 42.4 Å². The van der Waals surface area contributed by atoms with Crippen LogP contribution in [0.4, 0.5) is 5.69 Å². The molecule has 0 bridgehead atoms. The van der Waals surface area contributed by atoms with Gasteiger partial charge in [-0.25, -0.2) is 0 Å². The topological polar surface area (TPSA) is 24.5 Å². The average molecular weight is 260 g/mol. The molecule has 0 unspecified atom stereocenters. The Morgan fingerprint density at radius 2 is 2.11 bits per heavy atom. The third kappa shape index (κ3) is 2.86. The van der Waals surface area contributed by atoms with E-state index in [0.29, 0.717) is 5.41 Å². The zero-order valence-electron chi connectivity index (χ0n) is 12.0. The molecule has 1 aromatic carbocycles. The van der Waals surface area contributed by atoms with Crippen molar-refractivity contribution in [3.8, 4) is 5.75 Å². The van der Waals surface area contributed by atoms with Gasteiger partial charge in [0.2, 0.25) is 0 Å². The summed E-state index contributed by atoms with van der Waals surface area (Å²) < 4.78 is 6.05. The van der Waals surface area contributed by atoms with Crippen LogP contribution in [0.15, 0.2) is 18.2 Å². The third-order valence-corrected chi connectivity index (χ3v) is 4.57. The van der Waals surface area contributed by atoms with Crippen LogP contribution < -0.4 is 10.1 Å². The van der Waals surface area contributed by atoms with Gasteiger partial charge in [-0.1, -0.05) is 13.0 Å². The van der Waals surface area contributed by atoms with Crippen molar-refractivity contribution in [1.82, 2.24) is 4.90 Å². The first kappa shape index (κ1) is 12.8. The predicted molar refractivity (Wildman–Crippen MR) is 79.0 cm³/mol. The summed E-state index contributed by atoms with van der Waals surface area (Å²) in [5.74, 6) is 1.01. The number of nitrogens with zero attached hydrogens (tertiary/aromatic N) is 1. The van der Waals surface area contributed by atoms with Crippen molar-refractivity contribution in [2.24, 2.45) is 5.41 Å². The first-order chi connectivity index (χ1) is 9.15. The van der Waals surface area contributed by atoms with Gasteiger partial charge in [0.15, 0.2) is 0 Å². The molecule has 0 spiro atoms. The molecule has 1 fully saturated rings. The number of nitrogens with one attached hydrogen (secondary N) is 1. The number of hydrogen-bond acceptors (Lipinski definition) is 3. The number of piperidine rings is 1.